The topological polar surface area (TPSA) is 237 Å². The van der Waals surface area contributed by atoms with E-state index in [4.69, 9.17) is 37.0 Å². The molecule has 0 rings (SSSR count). The van der Waals surface area contributed by atoms with E-state index in [0.29, 0.717) is 25.7 Å². The summed E-state index contributed by atoms with van der Waals surface area (Å²) < 4.78 is 68.9. The second-order valence-corrected chi connectivity index (χ2v) is 34.4. The number of rotatable bonds is 84. The third-order valence-corrected chi connectivity index (χ3v) is 21.9. The van der Waals surface area contributed by atoms with Gasteiger partial charge in [0, 0.05) is 25.7 Å². The Hall–Kier alpha value is -1.94. The summed E-state index contributed by atoms with van der Waals surface area (Å²) in [7, 11) is -9.93. The first-order chi connectivity index (χ1) is 50.4. The van der Waals surface area contributed by atoms with Gasteiger partial charge in [-0.25, -0.2) is 9.13 Å². The van der Waals surface area contributed by atoms with Gasteiger partial charge in [-0.1, -0.05) is 401 Å². The summed E-state index contributed by atoms with van der Waals surface area (Å²) in [5, 5.41) is 10.7. The van der Waals surface area contributed by atoms with Crippen molar-refractivity contribution >= 4 is 39.5 Å². The lowest BCUT2D eigenvalue weighted by atomic mass is 10.0. The lowest BCUT2D eigenvalue weighted by molar-refractivity contribution is -0.161. The van der Waals surface area contributed by atoms with Crippen LogP contribution in [0.3, 0.4) is 0 Å². The first-order valence-corrected chi connectivity index (χ1v) is 47.0. The van der Waals surface area contributed by atoms with Crippen molar-refractivity contribution in [3.05, 3.63) is 0 Å². The lowest BCUT2D eigenvalue weighted by Gasteiger charge is -2.21. The fourth-order valence-corrected chi connectivity index (χ4v) is 14.8. The number of carbonyl (C=O) groups excluding carboxylic acids is 4. The number of esters is 4. The maximum absolute atomic E-state index is 13.1. The van der Waals surface area contributed by atoms with Crippen LogP contribution in [-0.4, -0.2) is 96.7 Å². The number of ether oxygens (including phenoxy) is 4. The van der Waals surface area contributed by atoms with E-state index in [-0.39, 0.29) is 25.7 Å². The van der Waals surface area contributed by atoms with Gasteiger partial charge in [0.15, 0.2) is 12.2 Å². The predicted octanol–water partition coefficient (Wildman–Crippen LogP) is 25.8. The molecular formula is C85H166O17P2. The first-order valence-electron chi connectivity index (χ1n) is 44.0. The van der Waals surface area contributed by atoms with Gasteiger partial charge >= 0.3 is 39.5 Å². The van der Waals surface area contributed by atoms with Gasteiger partial charge in [0.05, 0.1) is 26.4 Å². The molecule has 0 aliphatic carbocycles. The first kappa shape index (κ1) is 102. The number of hydrogen-bond donors (Lipinski definition) is 3. The molecule has 17 nitrogen and oxygen atoms in total. The summed E-state index contributed by atoms with van der Waals surface area (Å²) in [4.78, 5) is 73.2. The van der Waals surface area contributed by atoms with Crippen LogP contribution in [0, 0.1) is 11.8 Å². The number of carbonyl (C=O) groups is 4. The van der Waals surface area contributed by atoms with Gasteiger partial charge in [-0.3, -0.25) is 37.3 Å². The molecule has 0 aliphatic heterocycles. The van der Waals surface area contributed by atoms with Crippen LogP contribution in [0.25, 0.3) is 0 Å². The Balaban J connectivity index is 5.24. The molecule has 2 unspecified atom stereocenters. The number of phosphoric acid groups is 2. The molecular weight excluding hydrogens is 1350 g/mol. The van der Waals surface area contributed by atoms with E-state index in [0.717, 1.165) is 102 Å². The normalized spacial score (nSPS) is 13.8. The summed E-state index contributed by atoms with van der Waals surface area (Å²) in [5.74, 6) is -0.564. The SMILES string of the molecule is CCCCCCCCCCCCCCCCCCCCCCC(=O)O[C@H](COC(=O)CCCCCCCCCCCCCCCCCCC(C)C)COP(=O)(O)OC[C@@H](O)COP(=O)(O)OC[C@@H](COC(=O)CCCCCCCCCCC(C)C)OC(=O)CCCCCCCCCCCCCCCC. The van der Waals surface area contributed by atoms with Crippen molar-refractivity contribution in [2.45, 2.75) is 471 Å². The quantitative estimate of drug-likeness (QED) is 0.0222. The largest absolute Gasteiger partial charge is 0.472 e. The van der Waals surface area contributed by atoms with E-state index in [1.165, 1.54) is 270 Å². The minimum absolute atomic E-state index is 0.108. The molecule has 0 aliphatic rings. The minimum atomic E-state index is -4.97. The van der Waals surface area contributed by atoms with E-state index < -0.39 is 97.5 Å². The molecule has 104 heavy (non-hydrogen) atoms. The molecule has 3 N–H and O–H groups in total. The third kappa shape index (κ3) is 78.2. The smallest absolute Gasteiger partial charge is 0.462 e. The third-order valence-electron chi connectivity index (χ3n) is 20.0. The maximum atomic E-state index is 13.1. The van der Waals surface area contributed by atoms with E-state index in [1.54, 1.807) is 0 Å². The van der Waals surface area contributed by atoms with E-state index in [2.05, 4.69) is 41.5 Å². The highest BCUT2D eigenvalue weighted by atomic mass is 31.2. The molecule has 0 amide bonds. The summed E-state index contributed by atoms with van der Waals surface area (Å²) in [6.07, 6.45) is 68.1. The molecule has 0 fully saturated rings. The number of aliphatic hydroxyl groups is 1. The van der Waals surface area contributed by atoms with Gasteiger partial charge in [0.2, 0.25) is 0 Å². The Morgan fingerprint density at radius 1 is 0.260 bits per heavy atom. The fraction of sp³-hybridized carbons (Fsp3) is 0.953. The van der Waals surface area contributed by atoms with Crippen molar-refractivity contribution in [3.63, 3.8) is 0 Å². The zero-order chi connectivity index (χ0) is 76.4. The fourth-order valence-electron chi connectivity index (χ4n) is 13.2. The van der Waals surface area contributed by atoms with Gasteiger partial charge in [0.25, 0.3) is 0 Å². The molecule has 0 radical (unpaired) electrons. The van der Waals surface area contributed by atoms with E-state index in [1.807, 2.05) is 0 Å². The number of phosphoric ester groups is 2. The average molecular weight is 1520 g/mol. The zero-order valence-corrected chi connectivity index (χ0v) is 70.1. The summed E-state index contributed by atoms with van der Waals surface area (Å²) >= 11 is 0. The Morgan fingerprint density at radius 3 is 0.654 bits per heavy atom. The molecule has 0 aromatic carbocycles. The second-order valence-electron chi connectivity index (χ2n) is 31.5. The highest BCUT2D eigenvalue weighted by Crippen LogP contribution is 2.45. The number of hydrogen-bond acceptors (Lipinski definition) is 15. The molecule has 0 spiro atoms. The summed E-state index contributed by atoms with van der Waals surface area (Å²) in [6.45, 7) is 9.66. The number of unbranched alkanes of at least 4 members (excludes halogenated alkanes) is 54. The van der Waals surface area contributed by atoms with Crippen molar-refractivity contribution in [2.75, 3.05) is 39.6 Å². The molecule has 0 saturated carbocycles. The highest BCUT2D eigenvalue weighted by Gasteiger charge is 2.30. The van der Waals surface area contributed by atoms with Crippen LogP contribution < -0.4 is 0 Å². The summed E-state index contributed by atoms with van der Waals surface area (Å²) in [5.41, 5.74) is 0. The zero-order valence-electron chi connectivity index (χ0n) is 68.3. The molecule has 0 saturated heterocycles. The van der Waals surface area contributed by atoms with Crippen LogP contribution >= 0.6 is 15.6 Å². The van der Waals surface area contributed by atoms with Crippen LogP contribution in [0.2, 0.25) is 0 Å². The molecule has 618 valence electrons. The summed E-state index contributed by atoms with van der Waals surface area (Å²) in [6, 6.07) is 0. The average Bonchev–Trinajstić information content (AvgIpc) is 0.909. The van der Waals surface area contributed by atoms with Crippen LogP contribution in [0.4, 0.5) is 0 Å². The standard InChI is InChI=1S/C85H166O17P2/c1-7-9-11-13-15-17-19-21-23-24-25-26-27-32-36-40-44-52-58-64-70-85(90)101-80(73-95-82(87)67-61-55-49-42-38-35-31-29-28-30-33-37-41-47-53-59-65-77(3)4)75-99-103(91,92)97-71-79(86)72-98-104(93,94)100-76-81(74-96-83(88)68-62-56-50-46-45-48-54-60-66-78(5)6)102-84(89)69-63-57-51-43-39-34-22-20-18-16-14-12-10-8-2/h77-81,86H,7-76H2,1-6H3,(H,91,92)(H,93,94)/t79-,80-,81-/m1/s1. The molecule has 0 aromatic heterocycles. The van der Waals surface area contributed by atoms with Gasteiger partial charge in [0.1, 0.15) is 19.3 Å². The maximum Gasteiger partial charge on any atom is 0.472 e. The van der Waals surface area contributed by atoms with Crippen molar-refractivity contribution in [1.29, 1.82) is 0 Å². The van der Waals surface area contributed by atoms with Gasteiger partial charge in [-0.15, -0.1) is 0 Å². The van der Waals surface area contributed by atoms with Crippen molar-refractivity contribution in [1.82, 2.24) is 0 Å². The van der Waals surface area contributed by atoms with Gasteiger partial charge < -0.3 is 33.8 Å². The van der Waals surface area contributed by atoms with E-state index in [9.17, 15) is 43.2 Å². The van der Waals surface area contributed by atoms with Crippen molar-refractivity contribution in [3.8, 4) is 0 Å². The van der Waals surface area contributed by atoms with Crippen LogP contribution in [0.5, 0.6) is 0 Å². The van der Waals surface area contributed by atoms with Crippen molar-refractivity contribution < 1.29 is 80.2 Å². The lowest BCUT2D eigenvalue weighted by Crippen LogP contribution is -2.30. The molecule has 5 atom stereocenters. The monoisotopic (exact) mass is 1520 g/mol. The Labute approximate surface area is 638 Å². The van der Waals surface area contributed by atoms with Crippen molar-refractivity contribution in [2.24, 2.45) is 11.8 Å². The Bertz CT molecular complexity index is 1990. The molecule has 0 bridgehead atoms. The minimum Gasteiger partial charge on any atom is -0.462 e. The van der Waals surface area contributed by atoms with Crippen LogP contribution in [-0.2, 0) is 65.4 Å². The Morgan fingerprint density at radius 2 is 0.442 bits per heavy atom. The van der Waals surface area contributed by atoms with Gasteiger partial charge in [-0.05, 0) is 37.5 Å². The molecule has 19 heteroatoms. The highest BCUT2D eigenvalue weighted by molar-refractivity contribution is 7.47. The second kappa shape index (κ2) is 76.4. The van der Waals surface area contributed by atoms with Crippen LogP contribution in [0.1, 0.15) is 452 Å². The Kier molecular flexibility index (Phi) is 75.0. The molecule has 0 heterocycles. The van der Waals surface area contributed by atoms with Gasteiger partial charge in [-0.2, -0.15) is 0 Å². The van der Waals surface area contributed by atoms with Crippen LogP contribution in [0.15, 0.2) is 0 Å². The molecule has 0 aromatic rings. The predicted molar refractivity (Wildman–Crippen MR) is 428 cm³/mol. The number of aliphatic hydroxyl groups excluding tert-OH is 1. The van der Waals surface area contributed by atoms with E-state index >= 15 is 0 Å².